The summed E-state index contributed by atoms with van der Waals surface area (Å²) >= 11 is 0. The fourth-order valence-electron chi connectivity index (χ4n) is 6.80. The third kappa shape index (κ3) is 4.21. The molecule has 3 rings (SSSR count). The largest absolute Gasteiger partial charge is 0.0625 e. The Morgan fingerprint density at radius 1 is 0.583 bits per heavy atom. The minimum absolute atomic E-state index is 0.597. The first-order chi connectivity index (χ1) is 11.5. The molecule has 140 valence electrons. The molecule has 0 aromatic heterocycles. The van der Waals surface area contributed by atoms with Crippen molar-refractivity contribution < 1.29 is 0 Å². The lowest BCUT2D eigenvalue weighted by Crippen LogP contribution is -2.38. The van der Waals surface area contributed by atoms with Crippen LogP contribution in [0, 0.1) is 40.9 Å². The first-order valence-corrected chi connectivity index (χ1v) is 11.5. The Morgan fingerprint density at radius 2 is 1.04 bits per heavy atom. The Bertz CT molecular complexity index is 357. The van der Waals surface area contributed by atoms with Gasteiger partial charge in [-0.1, -0.05) is 59.8 Å². The molecule has 24 heavy (non-hydrogen) atoms. The van der Waals surface area contributed by atoms with Crippen LogP contribution in [0.4, 0.5) is 0 Å². The minimum Gasteiger partial charge on any atom is -0.0625 e. The summed E-state index contributed by atoms with van der Waals surface area (Å²) in [6.45, 7) is 10.1. The Kier molecular flexibility index (Phi) is 6.36. The molecule has 3 fully saturated rings. The van der Waals surface area contributed by atoms with E-state index in [1.165, 1.54) is 57.8 Å². The van der Waals surface area contributed by atoms with Crippen molar-refractivity contribution in [3.05, 3.63) is 0 Å². The highest BCUT2D eigenvalue weighted by Gasteiger charge is 2.41. The zero-order valence-corrected chi connectivity index (χ0v) is 17.2. The monoisotopic (exact) mass is 332 g/mol. The lowest BCUT2D eigenvalue weighted by Gasteiger charge is -2.48. The van der Waals surface area contributed by atoms with Gasteiger partial charge in [0.1, 0.15) is 0 Å². The van der Waals surface area contributed by atoms with Gasteiger partial charge in [0, 0.05) is 0 Å². The van der Waals surface area contributed by atoms with E-state index in [0.29, 0.717) is 5.41 Å². The van der Waals surface area contributed by atoms with Gasteiger partial charge in [0.25, 0.3) is 0 Å². The van der Waals surface area contributed by atoms with E-state index in [9.17, 15) is 0 Å². The molecule has 3 saturated carbocycles. The number of rotatable bonds is 4. The lowest BCUT2D eigenvalue weighted by atomic mass is 9.57. The first kappa shape index (κ1) is 18.8. The van der Waals surface area contributed by atoms with Gasteiger partial charge in [-0.15, -0.1) is 0 Å². The van der Waals surface area contributed by atoms with Crippen LogP contribution in [0.1, 0.15) is 111 Å². The summed E-state index contributed by atoms with van der Waals surface area (Å²) in [4.78, 5) is 0. The summed E-state index contributed by atoms with van der Waals surface area (Å²) in [6, 6.07) is 0. The van der Waals surface area contributed by atoms with E-state index in [2.05, 4.69) is 27.7 Å². The van der Waals surface area contributed by atoms with Crippen LogP contribution in [0.15, 0.2) is 0 Å². The van der Waals surface area contributed by atoms with Crippen molar-refractivity contribution in [2.24, 2.45) is 40.9 Å². The number of hydrogen-bond donors (Lipinski definition) is 0. The summed E-state index contributed by atoms with van der Waals surface area (Å²) in [5, 5.41) is 0. The summed E-state index contributed by atoms with van der Waals surface area (Å²) in [6.07, 6.45) is 19.9. The summed E-state index contributed by atoms with van der Waals surface area (Å²) in [5.41, 5.74) is 0.597. The molecule has 0 aromatic rings. The topological polar surface area (TPSA) is 0 Å². The first-order valence-electron chi connectivity index (χ1n) is 11.5. The Labute approximate surface area is 152 Å². The van der Waals surface area contributed by atoms with Crippen molar-refractivity contribution in [1.29, 1.82) is 0 Å². The van der Waals surface area contributed by atoms with Gasteiger partial charge in [-0.2, -0.15) is 0 Å². The number of hydrogen-bond acceptors (Lipinski definition) is 0. The molecule has 0 bridgehead atoms. The van der Waals surface area contributed by atoms with E-state index in [1.807, 2.05) is 0 Å². The smallest absolute Gasteiger partial charge is 0.0298 e. The van der Waals surface area contributed by atoms with Crippen LogP contribution >= 0.6 is 0 Å². The fourth-order valence-corrected chi connectivity index (χ4v) is 6.80. The van der Waals surface area contributed by atoms with Gasteiger partial charge in [0.05, 0.1) is 0 Å². The van der Waals surface area contributed by atoms with Gasteiger partial charge >= 0.3 is 0 Å². The van der Waals surface area contributed by atoms with Crippen LogP contribution in [-0.2, 0) is 0 Å². The van der Waals surface area contributed by atoms with Crippen molar-refractivity contribution in [2.75, 3.05) is 0 Å². The van der Waals surface area contributed by atoms with Gasteiger partial charge in [-0.25, -0.2) is 0 Å². The maximum atomic E-state index is 2.64. The highest BCUT2D eigenvalue weighted by atomic mass is 14.5. The summed E-state index contributed by atoms with van der Waals surface area (Å²) in [7, 11) is 0. The molecule has 0 nitrogen and oxygen atoms in total. The molecule has 0 heteroatoms. The quantitative estimate of drug-likeness (QED) is 0.491. The van der Waals surface area contributed by atoms with Crippen LogP contribution in [0.25, 0.3) is 0 Å². The predicted molar refractivity (Wildman–Crippen MR) is 106 cm³/mol. The van der Waals surface area contributed by atoms with Crippen molar-refractivity contribution in [2.45, 2.75) is 111 Å². The SMILES string of the molecule is CC(C)C1CCC(C(C)(C)C2CCC(C3CCCCC3)CC2)CC1. The van der Waals surface area contributed by atoms with E-state index in [1.54, 1.807) is 25.7 Å². The molecule has 0 amide bonds. The van der Waals surface area contributed by atoms with Crippen LogP contribution in [0.2, 0.25) is 0 Å². The van der Waals surface area contributed by atoms with Crippen LogP contribution in [0.5, 0.6) is 0 Å². The van der Waals surface area contributed by atoms with Gasteiger partial charge < -0.3 is 0 Å². The normalized spacial score (nSPS) is 36.9. The third-order valence-corrected chi connectivity index (χ3v) is 8.91. The van der Waals surface area contributed by atoms with Gasteiger partial charge in [-0.05, 0) is 92.3 Å². The minimum atomic E-state index is 0.597. The average molecular weight is 333 g/mol. The van der Waals surface area contributed by atoms with Crippen molar-refractivity contribution in [3.63, 3.8) is 0 Å². The molecule has 0 unspecified atom stereocenters. The van der Waals surface area contributed by atoms with E-state index < -0.39 is 0 Å². The van der Waals surface area contributed by atoms with Gasteiger partial charge in [0.15, 0.2) is 0 Å². The highest BCUT2D eigenvalue weighted by Crippen LogP contribution is 2.51. The molecule has 0 spiro atoms. The van der Waals surface area contributed by atoms with Crippen molar-refractivity contribution in [3.8, 4) is 0 Å². The Morgan fingerprint density at radius 3 is 1.54 bits per heavy atom. The van der Waals surface area contributed by atoms with Crippen LogP contribution in [-0.4, -0.2) is 0 Å². The molecule has 0 atom stereocenters. The summed E-state index contributed by atoms with van der Waals surface area (Å²) in [5.74, 6) is 6.12. The standard InChI is InChI=1S/C24H44/c1-18(2)19-10-14-22(15-11-19)24(3,4)23-16-12-21(13-17-23)20-8-6-5-7-9-20/h18-23H,5-17H2,1-4H3. The van der Waals surface area contributed by atoms with E-state index in [0.717, 1.165) is 35.5 Å². The van der Waals surface area contributed by atoms with Crippen LogP contribution < -0.4 is 0 Å². The second-order valence-corrected chi connectivity index (χ2v) is 10.7. The zero-order chi connectivity index (χ0) is 17.2. The summed E-state index contributed by atoms with van der Waals surface area (Å²) < 4.78 is 0. The van der Waals surface area contributed by atoms with E-state index >= 15 is 0 Å². The second kappa shape index (κ2) is 8.13. The van der Waals surface area contributed by atoms with Gasteiger partial charge in [0.2, 0.25) is 0 Å². The maximum Gasteiger partial charge on any atom is -0.0298 e. The Hall–Kier alpha value is 0. The molecule has 3 aliphatic rings. The third-order valence-electron chi connectivity index (χ3n) is 8.91. The molecule has 3 aliphatic carbocycles. The van der Waals surface area contributed by atoms with E-state index in [4.69, 9.17) is 0 Å². The average Bonchev–Trinajstić information content (AvgIpc) is 2.62. The van der Waals surface area contributed by atoms with E-state index in [-0.39, 0.29) is 0 Å². The second-order valence-electron chi connectivity index (χ2n) is 10.7. The molecule has 0 aliphatic heterocycles. The molecule has 0 saturated heterocycles. The molecule has 0 heterocycles. The molecule has 0 N–H and O–H groups in total. The Balaban J connectivity index is 1.49. The highest BCUT2D eigenvalue weighted by molar-refractivity contribution is 4.91. The maximum absolute atomic E-state index is 2.64. The fraction of sp³-hybridized carbons (Fsp3) is 1.00. The molecule has 0 radical (unpaired) electrons. The van der Waals surface area contributed by atoms with Crippen LogP contribution in [0.3, 0.4) is 0 Å². The molecular weight excluding hydrogens is 288 g/mol. The molecular formula is C24H44. The van der Waals surface area contributed by atoms with Crippen molar-refractivity contribution in [1.82, 2.24) is 0 Å². The van der Waals surface area contributed by atoms with Gasteiger partial charge in [-0.3, -0.25) is 0 Å². The van der Waals surface area contributed by atoms with Crippen molar-refractivity contribution >= 4 is 0 Å². The zero-order valence-electron chi connectivity index (χ0n) is 17.2. The molecule has 0 aromatic carbocycles. The predicted octanol–water partition coefficient (Wildman–Crippen LogP) is 7.86. The lowest BCUT2D eigenvalue weighted by molar-refractivity contribution is 0.0247.